The molecule has 0 radical (unpaired) electrons. The summed E-state index contributed by atoms with van der Waals surface area (Å²) >= 11 is 0. The van der Waals surface area contributed by atoms with Gasteiger partial charge in [0.15, 0.2) is 0 Å². The minimum absolute atomic E-state index is 0.315. The van der Waals surface area contributed by atoms with Crippen molar-refractivity contribution >= 4 is 0 Å². The third kappa shape index (κ3) is 3.83. The number of nitrogens with two attached hydrogens (primary N) is 1. The SMILES string of the molecule is NC(CF)C(F)(F)CNCc1ccccc1. The van der Waals surface area contributed by atoms with Crippen molar-refractivity contribution in [3.8, 4) is 0 Å². The van der Waals surface area contributed by atoms with E-state index in [9.17, 15) is 13.2 Å². The van der Waals surface area contributed by atoms with E-state index in [4.69, 9.17) is 5.73 Å². The first-order valence-corrected chi connectivity index (χ1v) is 5.00. The van der Waals surface area contributed by atoms with Gasteiger partial charge in [-0.3, -0.25) is 0 Å². The van der Waals surface area contributed by atoms with E-state index in [2.05, 4.69) is 5.32 Å². The van der Waals surface area contributed by atoms with Crippen LogP contribution in [0, 0.1) is 0 Å². The monoisotopic (exact) mass is 232 g/mol. The topological polar surface area (TPSA) is 38.0 Å². The standard InChI is InChI=1S/C11H15F3N2/c12-6-10(15)11(13,14)8-16-7-9-4-2-1-3-5-9/h1-5,10,16H,6-8,15H2. The molecule has 0 aliphatic heterocycles. The van der Waals surface area contributed by atoms with Crippen LogP contribution < -0.4 is 11.1 Å². The molecule has 0 fully saturated rings. The van der Waals surface area contributed by atoms with Gasteiger partial charge >= 0.3 is 0 Å². The molecule has 0 saturated carbocycles. The molecule has 1 aromatic carbocycles. The summed E-state index contributed by atoms with van der Waals surface area (Å²) < 4.78 is 38.2. The lowest BCUT2D eigenvalue weighted by Crippen LogP contribution is -2.49. The highest BCUT2D eigenvalue weighted by atomic mass is 19.3. The van der Waals surface area contributed by atoms with E-state index in [1.54, 1.807) is 0 Å². The van der Waals surface area contributed by atoms with Crippen LogP contribution in [0.25, 0.3) is 0 Å². The Hall–Kier alpha value is -1.07. The maximum Gasteiger partial charge on any atom is 0.277 e. The summed E-state index contributed by atoms with van der Waals surface area (Å²) in [5.74, 6) is -3.22. The number of alkyl halides is 3. The molecule has 0 spiro atoms. The van der Waals surface area contributed by atoms with Crippen molar-refractivity contribution < 1.29 is 13.2 Å². The molecule has 3 N–H and O–H groups in total. The van der Waals surface area contributed by atoms with Gasteiger partial charge in [0, 0.05) is 6.54 Å². The Kier molecular flexibility index (Phi) is 4.76. The highest BCUT2D eigenvalue weighted by Crippen LogP contribution is 2.16. The minimum Gasteiger partial charge on any atom is -0.320 e. The van der Waals surface area contributed by atoms with E-state index in [1.165, 1.54) is 0 Å². The number of nitrogens with one attached hydrogen (secondary N) is 1. The number of halogens is 3. The fourth-order valence-corrected chi connectivity index (χ4v) is 1.21. The van der Waals surface area contributed by atoms with Crippen molar-refractivity contribution in [3.63, 3.8) is 0 Å². The van der Waals surface area contributed by atoms with Crippen LogP contribution in [-0.2, 0) is 6.54 Å². The molecule has 0 bridgehead atoms. The van der Waals surface area contributed by atoms with Crippen molar-refractivity contribution in [2.75, 3.05) is 13.2 Å². The zero-order valence-electron chi connectivity index (χ0n) is 8.80. The van der Waals surface area contributed by atoms with E-state index in [-0.39, 0.29) is 0 Å². The zero-order chi connectivity index (χ0) is 12.0. The van der Waals surface area contributed by atoms with Gasteiger partial charge in [0.25, 0.3) is 5.92 Å². The van der Waals surface area contributed by atoms with Crippen LogP contribution in [0.3, 0.4) is 0 Å². The Labute approximate surface area is 92.6 Å². The van der Waals surface area contributed by atoms with Gasteiger partial charge in [0.2, 0.25) is 0 Å². The summed E-state index contributed by atoms with van der Waals surface area (Å²) in [7, 11) is 0. The van der Waals surface area contributed by atoms with E-state index in [0.29, 0.717) is 6.54 Å². The predicted octanol–water partition coefficient (Wildman–Crippen LogP) is 1.71. The van der Waals surface area contributed by atoms with Crippen molar-refractivity contribution in [1.82, 2.24) is 5.32 Å². The van der Waals surface area contributed by atoms with Crippen LogP contribution in [0.5, 0.6) is 0 Å². The summed E-state index contributed by atoms with van der Waals surface area (Å²) in [4.78, 5) is 0. The lowest BCUT2D eigenvalue weighted by atomic mass is 10.1. The van der Waals surface area contributed by atoms with Crippen molar-refractivity contribution in [3.05, 3.63) is 35.9 Å². The molecular formula is C11H15F3N2. The third-order valence-corrected chi connectivity index (χ3v) is 2.24. The fourth-order valence-electron chi connectivity index (χ4n) is 1.21. The predicted molar refractivity (Wildman–Crippen MR) is 57.0 cm³/mol. The minimum atomic E-state index is -3.22. The molecule has 5 heteroatoms. The molecule has 0 saturated heterocycles. The second-order valence-electron chi connectivity index (χ2n) is 3.61. The molecular weight excluding hydrogens is 217 g/mol. The summed E-state index contributed by atoms with van der Waals surface area (Å²) in [5, 5.41) is 2.56. The molecule has 0 heterocycles. The Balaban J connectivity index is 2.35. The molecule has 2 nitrogen and oxygen atoms in total. The molecule has 0 amide bonds. The molecule has 90 valence electrons. The summed E-state index contributed by atoms with van der Waals surface area (Å²) in [5.41, 5.74) is 5.86. The van der Waals surface area contributed by atoms with Crippen LogP contribution in [0.1, 0.15) is 5.56 Å². The van der Waals surface area contributed by atoms with Crippen molar-refractivity contribution in [2.45, 2.75) is 18.5 Å². The summed E-state index contributed by atoms with van der Waals surface area (Å²) in [6, 6.07) is 7.39. The molecule has 1 rings (SSSR count). The normalized spacial score (nSPS) is 13.8. The number of rotatable bonds is 6. The molecule has 0 aliphatic rings. The van der Waals surface area contributed by atoms with E-state index in [1.807, 2.05) is 30.3 Å². The summed E-state index contributed by atoms with van der Waals surface area (Å²) in [6.45, 7) is -1.53. The van der Waals surface area contributed by atoms with Crippen molar-refractivity contribution in [1.29, 1.82) is 0 Å². The van der Waals surface area contributed by atoms with Crippen molar-refractivity contribution in [2.24, 2.45) is 5.73 Å². The molecule has 1 aromatic rings. The third-order valence-electron chi connectivity index (χ3n) is 2.24. The number of hydrogen-bond donors (Lipinski definition) is 2. The van der Waals surface area contributed by atoms with Crippen LogP contribution in [0.2, 0.25) is 0 Å². The first-order valence-electron chi connectivity index (χ1n) is 5.00. The molecule has 0 aliphatic carbocycles. The summed E-state index contributed by atoms with van der Waals surface area (Å²) in [6.07, 6.45) is 0. The quantitative estimate of drug-likeness (QED) is 0.783. The van der Waals surface area contributed by atoms with E-state index >= 15 is 0 Å². The van der Waals surface area contributed by atoms with Gasteiger partial charge in [-0.15, -0.1) is 0 Å². The second kappa shape index (κ2) is 5.86. The molecule has 0 aromatic heterocycles. The van der Waals surface area contributed by atoms with E-state index < -0.39 is 25.2 Å². The smallest absolute Gasteiger partial charge is 0.277 e. The zero-order valence-corrected chi connectivity index (χ0v) is 8.80. The lowest BCUT2D eigenvalue weighted by molar-refractivity contribution is -0.0298. The van der Waals surface area contributed by atoms with Crippen LogP contribution >= 0.6 is 0 Å². The van der Waals surface area contributed by atoms with E-state index in [0.717, 1.165) is 5.56 Å². The van der Waals surface area contributed by atoms with Gasteiger partial charge in [0.05, 0.1) is 12.6 Å². The van der Waals surface area contributed by atoms with Gasteiger partial charge in [0.1, 0.15) is 6.67 Å². The average Bonchev–Trinajstić information content (AvgIpc) is 2.29. The Morgan fingerprint density at radius 2 is 1.88 bits per heavy atom. The van der Waals surface area contributed by atoms with Crippen LogP contribution in [0.4, 0.5) is 13.2 Å². The molecule has 1 unspecified atom stereocenters. The highest BCUT2D eigenvalue weighted by molar-refractivity contribution is 5.14. The van der Waals surface area contributed by atoms with Gasteiger partial charge in [-0.05, 0) is 5.56 Å². The second-order valence-corrected chi connectivity index (χ2v) is 3.61. The Bertz CT molecular complexity index is 303. The van der Waals surface area contributed by atoms with Gasteiger partial charge < -0.3 is 11.1 Å². The highest BCUT2D eigenvalue weighted by Gasteiger charge is 2.36. The van der Waals surface area contributed by atoms with Crippen LogP contribution in [0.15, 0.2) is 30.3 Å². The lowest BCUT2D eigenvalue weighted by Gasteiger charge is -2.21. The average molecular weight is 232 g/mol. The Morgan fingerprint density at radius 1 is 1.25 bits per heavy atom. The number of hydrogen-bond acceptors (Lipinski definition) is 2. The Morgan fingerprint density at radius 3 is 2.44 bits per heavy atom. The maximum atomic E-state index is 13.1. The first-order chi connectivity index (χ1) is 7.56. The van der Waals surface area contributed by atoms with Gasteiger partial charge in [-0.1, -0.05) is 30.3 Å². The molecule has 1 atom stereocenters. The van der Waals surface area contributed by atoms with Crippen LogP contribution in [-0.4, -0.2) is 25.2 Å². The fraction of sp³-hybridized carbons (Fsp3) is 0.455. The first kappa shape index (κ1) is 13.0. The molecule has 16 heavy (non-hydrogen) atoms. The van der Waals surface area contributed by atoms with Gasteiger partial charge in [-0.25, -0.2) is 13.2 Å². The maximum absolute atomic E-state index is 13.1. The van der Waals surface area contributed by atoms with Gasteiger partial charge in [-0.2, -0.15) is 0 Å². The largest absolute Gasteiger partial charge is 0.320 e. The number of benzene rings is 1.